The lowest BCUT2D eigenvalue weighted by Gasteiger charge is -2.37. The highest BCUT2D eigenvalue weighted by Gasteiger charge is 2.34. The quantitative estimate of drug-likeness (QED) is 0.731. The second-order valence-electron chi connectivity index (χ2n) is 5.47. The first kappa shape index (κ1) is 15.3. The average Bonchev–Trinajstić information content (AvgIpc) is 2.50. The van der Waals surface area contributed by atoms with Gasteiger partial charge in [-0.25, -0.2) is 0 Å². The van der Waals surface area contributed by atoms with E-state index in [0.29, 0.717) is 0 Å². The third-order valence-corrected chi connectivity index (χ3v) is 3.89. The van der Waals surface area contributed by atoms with Crippen molar-refractivity contribution in [2.75, 3.05) is 0 Å². The minimum absolute atomic E-state index is 0.121. The first-order valence-corrected chi connectivity index (χ1v) is 7.32. The Kier molecular flexibility index (Phi) is 5.13. The molecule has 108 valence electrons. The van der Waals surface area contributed by atoms with Crippen molar-refractivity contribution in [1.82, 2.24) is 0 Å². The van der Waals surface area contributed by atoms with E-state index in [2.05, 4.69) is 61.7 Å². The largest absolute Gasteiger partial charge is 0.324 e. The first-order chi connectivity index (χ1) is 10.2. The second-order valence-corrected chi connectivity index (χ2v) is 5.47. The maximum Gasteiger partial charge on any atom is 0.0334 e. The van der Waals surface area contributed by atoms with Crippen molar-refractivity contribution in [2.24, 2.45) is 5.73 Å². The van der Waals surface area contributed by atoms with E-state index in [4.69, 9.17) is 5.73 Å². The Morgan fingerprint density at radius 2 is 1.19 bits per heavy atom. The van der Waals surface area contributed by atoms with Gasteiger partial charge in [0, 0.05) is 11.5 Å². The van der Waals surface area contributed by atoms with Gasteiger partial charge in [-0.05, 0) is 24.0 Å². The van der Waals surface area contributed by atoms with E-state index in [-0.39, 0.29) is 5.92 Å². The van der Waals surface area contributed by atoms with Crippen molar-refractivity contribution in [3.05, 3.63) is 97.1 Å². The molecule has 1 nitrogen and oxygen atoms in total. The van der Waals surface area contributed by atoms with E-state index in [9.17, 15) is 0 Å². The number of hydrogen-bond donors (Lipinski definition) is 1. The van der Waals surface area contributed by atoms with E-state index in [1.807, 2.05) is 24.3 Å². The minimum atomic E-state index is -0.411. The predicted molar refractivity (Wildman–Crippen MR) is 91.3 cm³/mol. The fourth-order valence-corrected chi connectivity index (χ4v) is 3.00. The number of nitrogens with two attached hydrogens (primary N) is 1. The van der Waals surface area contributed by atoms with Crippen LogP contribution in [-0.2, 0) is 0 Å². The van der Waals surface area contributed by atoms with Crippen molar-refractivity contribution in [3.8, 4) is 0 Å². The molecule has 0 atom stereocenters. The van der Waals surface area contributed by atoms with Gasteiger partial charge in [0.2, 0.25) is 0 Å². The van der Waals surface area contributed by atoms with E-state index in [1.165, 1.54) is 11.1 Å². The molecule has 0 aliphatic heterocycles. The summed E-state index contributed by atoms with van der Waals surface area (Å²) in [5.74, 6) is 0.121. The molecule has 2 aromatic rings. The molecule has 0 saturated carbocycles. The molecule has 0 aromatic heterocycles. The molecule has 0 heterocycles. The van der Waals surface area contributed by atoms with E-state index in [1.54, 1.807) is 0 Å². The Morgan fingerprint density at radius 3 is 1.52 bits per heavy atom. The summed E-state index contributed by atoms with van der Waals surface area (Å²) in [4.78, 5) is 0. The first-order valence-electron chi connectivity index (χ1n) is 7.32. The molecule has 2 N–H and O–H groups in total. The van der Waals surface area contributed by atoms with Gasteiger partial charge in [-0.3, -0.25) is 0 Å². The van der Waals surface area contributed by atoms with Gasteiger partial charge in [-0.2, -0.15) is 0 Å². The summed E-state index contributed by atoms with van der Waals surface area (Å²) < 4.78 is 0. The Bertz CT molecular complexity index is 522. The van der Waals surface area contributed by atoms with E-state index in [0.717, 1.165) is 12.8 Å². The smallest absolute Gasteiger partial charge is 0.0334 e. The molecule has 0 amide bonds. The summed E-state index contributed by atoms with van der Waals surface area (Å²) in [7, 11) is 0. The van der Waals surface area contributed by atoms with Crippen molar-refractivity contribution < 1.29 is 0 Å². The molecular weight excluding hydrogens is 254 g/mol. The van der Waals surface area contributed by atoms with Crippen LogP contribution in [0.5, 0.6) is 0 Å². The molecule has 2 aromatic carbocycles. The maximum absolute atomic E-state index is 6.78. The normalized spacial score (nSPS) is 11.3. The Balaban J connectivity index is 2.54. The molecule has 2 rings (SSSR count). The van der Waals surface area contributed by atoms with Crippen molar-refractivity contribution in [3.63, 3.8) is 0 Å². The molecule has 0 fully saturated rings. The summed E-state index contributed by atoms with van der Waals surface area (Å²) in [6, 6.07) is 20.9. The van der Waals surface area contributed by atoms with Crippen LogP contribution in [0.2, 0.25) is 0 Å². The van der Waals surface area contributed by atoms with Gasteiger partial charge in [-0.15, -0.1) is 13.2 Å². The molecule has 0 bridgehead atoms. The van der Waals surface area contributed by atoms with Gasteiger partial charge >= 0.3 is 0 Å². The summed E-state index contributed by atoms with van der Waals surface area (Å²) >= 11 is 0. The summed E-state index contributed by atoms with van der Waals surface area (Å²) in [5.41, 5.74) is 8.84. The maximum atomic E-state index is 6.78. The highest BCUT2D eigenvalue weighted by atomic mass is 14.8. The van der Waals surface area contributed by atoms with Gasteiger partial charge < -0.3 is 5.73 Å². The fraction of sp³-hybridized carbons (Fsp3) is 0.200. The SMILES string of the molecule is C=CCC(N)(CC=C)C(c1ccccc1)c1ccccc1. The highest BCUT2D eigenvalue weighted by Crippen LogP contribution is 2.38. The van der Waals surface area contributed by atoms with Crippen LogP contribution < -0.4 is 5.73 Å². The summed E-state index contributed by atoms with van der Waals surface area (Å²) in [5, 5.41) is 0. The number of rotatable bonds is 7. The lowest BCUT2D eigenvalue weighted by Crippen LogP contribution is -2.45. The van der Waals surface area contributed by atoms with Gasteiger partial charge in [0.15, 0.2) is 0 Å². The van der Waals surface area contributed by atoms with Crippen LogP contribution in [0.1, 0.15) is 29.9 Å². The second kappa shape index (κ2) is 7.05. The minimum Gasteiger partial charge on any atom is -0.324 e. The van der Waals surface area contributed by atoms with Gasteiger partial charge in [-0.1, -0.05) is 72.8 Å². The molecular formula is C20H23N. The molecule has 0 radical (unpaired) electrons. The fourth-order valence-electron chi connectivity index (χ4n) is 3.00. The number of hydrogen-bond acceptors (Lipinski definition) is 1. The van der Waals surface area contributed by atoms with Gasteiger partial charge in [0.05, 0.1) is 0 Å². The standard InChI is InChI=1S/C20H23N/c1-3-15-20(21,16-4-2)19(17-11-7-5-8-12-17)18-13-9-6-10-14-18/h3-14,19H,1-2,15-16,21H2. The molecule has 0 unspecified atom stereocenters. The summed E-state index contributed by atoms with van der Waals surface area (Å²) in [6.07, 6.45) is 5.30. The van der Waals surface area contributed by atoms with E-state index < -0.39 is 5.54 Å². The predicted octanol–water partition coefficient (Wildman–Crippen LogP) is 4.67. The monoisotopic (exact) mass is 277 g/mol. The Labute approximate surface area is 127 Å². The van der Waals surface area contributed by atoms with Crippen LogP contribution >= 0.6 is 0 Å². The lowest BCUT2D eigenvalue weighted by atomic mass is 9.72. The van der Waals surface area contributed by atoms with Crippen LogP contribution in [0.25, 0.3) is 0 Å². The van der Waals surface area contributed by atoms with Crippen LogP contribution in [0.4, 0.5) is 0 Å². The van der Waals surface area contributed by atoms with Crippen LogP contribution in [-0.4, -0.2) is 5.54 Å². The van der Waals surface area contributed by atoms with Crippen molar-refractivity contribution >= 4 is 0 Å². The van der Waals surface area contributed by atoms with Gasteiger partial charge in [0.1, 0.15) is 0 Å². The zero-order valence-electron chi connectivity index (χ0n) is 12.4. The zero-order valence-corrected chi connectivity index (χ0v) is 12.4. The van der Waals surface area contributed by atoms with Crippen LogP contribution in [0, 0.1) is 0 Å². The zero-order chi connectivity index (χ0) is 15.1. The summed E-state index contributed by atoms with van der Waals surface area (Å²) in [6.45, 7) is 7.77. The average molecular weight is 277 g/mol. The third-order valence-electron chi connectivity index (χ3n) is 3.89. The third kappa shape index (κ3) is 3.50. The molecule has 0 aliphatic rings. The highest BCUT2D eigenvalue weighted by molar-refractivity contribution is 5.37. The molecule has 0 saturated heterocycles. The molecule has 0 aliphatic carbocycles. The van der Waals surface area contributed by atoms with Crippen molar-refractivity contribution in [1.29, 1.82) is 0 Å². The number of benzene rings is 2. The van der Waals surface area contributed by atoms with E-state index >= 15 is 0 Å². The Morgan fingerprint density at radius 1 is 0.810 bits per heavy atom. The molecule has 1 heteroatoms. The Hall–Kier alpha value is -2.12. The topological polar surface area (TPSA) is 26.0 Å². The molecule has 21 heavy (non-hydrogen) atoms. The van der Waals surface area contributed by atoms with Crippen LogP contribution in [0.15, 0.2) is 86.0 Å². The van der Waals surface area contributed by atoms with Crippen molar-refractivity contribution in [2.45, 2.75) is 24.3 Å². The van der Waals surface area contributed by atoms with Crippen LogP contribution in [0.3, 0.4) is 0 Å². The van der Waals surface area contributed by atoms with Gasteiger partial charge in [0.25, 0.3) is 0 Å². The molecule has 0 spiro atoms. The lowest BCUT2D eigenvalue weighted by molar-refractivity contribution is 0.384.